The Morgan fingerprint density at radius 1 is 0.333 bits per heavy atom. The Kier molecular flexibility index (Phi) is 18.8. The van der Waals surface area contributed by atoms with Crippen LogP contribution in [0.2, 0.25) is 0 Å². The summed E-state index contributed by atoms with van der Waals surface area (Å²) in [5.41, 5.74) is 9.68. The smallest absolute Gasteiger partial charge is 0.183 e. The van der Waals surface area contributed by atoms with Crippen LogP contribution in [0.1, 0.15) is 152 Å². The third-order valence-corrected chi connectivity index (χ3v) is 18.1. The number of hydrogen-bond donors (Lipinski definition) is 0. The molecular weight excluding hydrogens is 955 g/mol. The molecule has 0 amide bonds. The third kappa shape index (κ3) is 11.1. The number of ketones is 3. The first-order valence-corrected chi connectivity index (χ1v) is 29.3. The normalized spacial score (nSPS) is 16.3. The van der Waals surface area contributed by atoms with Gasteiger partial charge >= 0.3 is 0 Å². The van der Waals surface area contributed by atoms with E-state index in [1.165, 1.54) is 11.1 Å². The third-order valence-electron chi connectivity index (χ3n) is 18.1. The zero-order chi connectivity index (χ0) is 55.5. The first-order valence-electron chi connectivity index (χ1n) is 29.3. The van der Waals surface area contributed by atoms with Crippen LogP contribution < -0.4 is 0 Å². The van der Waals surface area contributed by atoms with Gasteiger partial charge in [-0.2, -0.15) is 0 Å². The van der Waals surface area contributed by atoms with Crippen molar-refractivity contribution in [3.63, 3.8) is 0 Å². The minimum absolute atomic E-state index is 0.141. The minimum atomic E-state index is -0.753. The van der Waals surface area contributed by atoms with Gasteiger partial charge in [0.25, 0.3) is 0 Å². The Balaban J connectivity index is 1.26. The van der Waals surface area contributed by atoms with Gasteiger partial charge in [0.15, 0.2) is 17.3 Å². The lowest BCUT2D eigenvalue weighted by molar-refractivity contribution is 0.0545. The van der Waals surface area contributed by atoms with Gasteiger partial charge in [0.2, 0.25) is 0 Å². The first-order chi connectivity index (χ1) is 37.9. The average molecular weight is 1040 g/mol. The van der Waals surface area contributed by atoms with Crippen LogP contribution in [0.15, 0.2) is 182 Å². The molecule has 0 spiro atoms. The molecule has 1 aliphatic carbocycles. The fourth-order valence-corrected chi connectivity index (χ4v) is 13.9. The second-order valence-electron chi connectivity index (χ2n) is 21.8. The van der Waals surface area contributed by atoms with E-state index in [-0.39, 0.29) is 17.3 Å². The number of Topliss-reactive ketones (excluding diaryl/α,β-unsaturated/α-hetero) is 3. The number of hydrogen-bond acceptors (Lipinski definition) is 6. The fourth-order valence-electron chi connectivity index (χ4n) is 13.9. The molecule has 0 aliphatic heterocycles. The van der Waals surface area contributed by atoms with Gasteiger partial charge in [-0.3, -0.25) is 29.1 Å². The standard InChI is InChI=1S/C72H85N3O3/c1-10-70(73(13-4)14-5,51-54-30-22-19-23-31-54)66(76)59-42-38-57(39-43-59)49-69(50-58-40-44-60(45-41-58)67(77)71(11-2,74(15-6)16-7)52-55-32-24-20-25-33-55)64-37-29-28-36-62(64)63-47-46-61(48-65(63)69)68(78)72(12-3,75(17-8)18-9)53-56-34-26-21-27-35-56/h19-48H,10-18,49-53H2,1-9H3. The van der Waals surface area contributed by atoms with Crippen LogP contribution in [0.4, 0.5) is 0 Å². The molecule has 0 bridgehead atoms. The highest BCUT2D eigenvalue weighted by atomic mass is 16.1. The fraction of sp³-hybridized carbons (Fsp3) is 0.375. The number of carbonyl (C=O) groups is 3. The maximum atomic E-state index is 15.8. The van der Waals surface area contributed by atoms with E-state index < -0.39 is 22.0 Å². The van der Waals surface area contributed by atoms with Crippen molar-refractivity contribution in [1.29, 1.82) is 0 Å². The summed E-state index contributed by atoms with van der Waals surface area (Å²) in [5.74, 6) is 0.434. The molecule has 0 heterocycles. The van der Waals surface area contributed by atoms with Gasteiger partial charge in [-0.15, -0.1) is 0 Å². The Hall–Kier alpha value is -6.57. The van der Waals surface area contributed by atoms with E-state index >= 15 is 14.4 Å². The van der Waals surface area contributed by atoms with E-state index in [2.05, 4.69) is 241 Å². The maximum absolute atomic E-state index is 15.8. The highest BCUT2D eigenvalue weighted by Gasteiger charge is 2.48. The summed E-state index contributed by atoms with van der Waals surface area (Å²) in [6.45, 7) is 24.0. The lowest BCUT2D eigenvalue weighted by atomic mass is 9.68. The van der Waals surface area contributed by atoms with Crippen molar-refractivity contribution in [2.45, 2.75) is 136 Å². The van der Waals surface area contributed by atoms with E-state index in [0.29, 0.717) is 68.1 Å². The van der Waals surface area contributed by atoms with Crippen LogP contribution in [0.3, 0.4) is 0 Å². The molecule has 0 aromatic heterocycles. The van der Waals surface area contributed by atoms with Crippen LogP contribution in [0, 0.1) is 0 Å². The molecule has 0 saturated carbocycles. The molecular formula is C72H85N3O3. The van der Waals surface area contributed by atoms with Crippen LogP contribution in [-0.2, 0) is 37.5 Å². The van der Waals surface area contributed by atoms with E-state index in [9.17, 15) is 0 Å². The number of fused-ring (bicyclic) bond motifs is 3. The van der Waals surface area contributed by atoms with Gasteiger partial charge in [0.1, 0.15) is 0 Å². The predicted molar refractivity (Wildman–Crippen MR) is 324 cm³/mol. The number of nitrogens with zero attached hydrogens (tertiary/aromatic N) is 3. The van der Waals surface area contributed by atoms with Crippen molar-refractivity contribution >= 4 is 17.3 Å². The number of carbonyl (C=O) groups excluding carboxylic acids is 3. The van der Waals surface area contributed by atoms with Crippen LogP contribution >= 0.6 is 0 Å². The highest BCUT2D eigenvalue weighted by Crippen LogP contribution is 2.53. The van der Waals surface area contributed by atoms with Crippen LogP contribution in [0.25, 0.3) is 11.1 Å². The van der Waals surface area contributed by atoms with E-state index in [1.54, 1.807) is 0 Å². The molecule has 6 nitrogen and oxygen atoms in total. The van der Waals surface area contributed by atoms with Crippen molar-refractivity contribution in [2.24, 2.45) is 0 Å². The van der Waals surface area contributed by atoms with Gasteiger partial charge in [0.05, 0.1) is 16.6 Å². The van der Waals surface area contributed by atoms with Gasteiger partial charge < -0.3 is 0 Å². The molecule has 3 atom stereocenters. The zero-order valence-electron chi connectivity index (χ0n) is 48.3. The van der Waals surface area contributed by atoms with Crippen molar-refractivity contribution < 1.29 is 14.4 Å². The second kappa shape index (κ2) is 25.5. The summed E-state index contributed by atoms with van der Waals surface area (Å²) in [4.78, 5) is 53.2. The Morgan fingerprint density at radius 3 is 0.987 bits per heavy atom. The molecule has 0 radical (unpaired) electrons. The highest BCUT2D eigenvalue weighted by molar-refractivity contribution is 6.05. The van der Waals surface area contributed by atoms with Crippen molar-refractivity contribution in [3.05, 3.63) is 238 Å². The summed E-state index contributed by atoms with van der Waals surface area (Å²) in [5, 5.41) is 0. The first kappa shape index (κ1) is 57.6. The van der Waals surface area contributed by atoms with E-state index in [0.717, 1.165) is 78.2 Å². The Bertz CT molecular complexity index is 2960. The van der Waals surface area contributed by atoms with Gasteiger partial charge in [-0.05, 0) is 147 Å². The molecule has 3 unspecified atom stereocenters. The van der Waals surface area contributed by atoms with E-state index in [1.807, 2.05) is 18.2 Å². The molecule has 7 aromatic rings. The quantitative estimate of drug-likeness (QED) is 0.0456. The SMILES string of the molecule is CCN(CC)C(CC)(Cc1ccccc1)C(=O)c1ccc(CC2(Cc3ccc(C(=O)C(CC)(Cc4ccccc4)N(CC)CC)cc3)c3ccccc3-c3ccc(C(=O)C(CC)(Cc4ccccc4)N(CC)CC)cc32)cc1. The molecule has 1 aliphatic rings. The predicted octanol–water partition coefficient (Wildman–Crippen LogP) is 15.2. The summed E-state index contributed by atoms with van der Waals surface area (Å²) in [7, 11) is 0. The molecule has 6 heteroatoms. The molecule has 406 valence electrons. The largest absolute Gasteiger partial charge is 0.292 e. The lowest BCUT2D eigenvalue weighted by Crippen LogP contribution is -2.56. The second-order valence-corrected chi connectivity index (χ2v) is 21.8. The molecule has 0 saturated heterocycles. The van der Waals surface area contributed by atoms with Gasteiger partial charge in [-0.1, -0.05) is 238 Å². The Labute approximate surface area is 467 Å². The summed E-state index contributed by atoms with van der Waals surface area (Å²) in [6, 6.07) is 63.5. The Morgan fingerprint density at radius 2 is 0.641 bits per heavy atom. The van der Waals surface area contributed by atoms with Crippen molar-refractivity contribution in [1.82, 2.24) is 14.7 Å². The number of benzene rings is 7. The van der Waals surface area contributed by atoms with Gasteiger partial charge in [0, 0.05) is 22.1 Å². The number of likely N-dealkylation sites (N-methyl/N-ethyl adjacent to an activating group) is 3. The summed E-state index contributed by atoms with van der Waals surface area (Å²) >= 11 is 0. The topological polar surface area (TPSA) is 60.9 Å². The van der Waals surface area contributed by atoms with Crippen LogP contribution in [-0.4, -0.2) is 87.9 Å². The summed E-state index contributed by atoms with van der Waals surface area (Å²) in [6.07, 6.45) is 5.17. The monoisotopic (exact) mass is 1040 g/mol. The van der Waals surface area contributed by atoms with Crippen LogP contribution in [0.5, 0.6) is 0 Å². The molecule has 0 fully saturated rings. The maximum Gasteiger partial charge on any atom is 0.183 e. The molecule has 8 rings (SSSR count). The lowest BCUT2D eigenvalue weighted by Gasteiger charge is -2.42. The average Bonchev–Trinajstić information content (AvgIpc) is 4.03. The van der Waals surface area contributed by atoms with Gasteiger partial charge in [-0.25, -0.2) is 0 Å². The van der Waals surface area contributed by atoms with Crippen molar-refractivity contribution in [3.8, 4) is 11.1 Å². The summed E-state index contributed by atoms with van der Waals surface area (Å²) < 4.78 is 0. The van der Waals surface area contributed by atoms with E-state index in [4.69, 9.17) is 0 Å². The number of rotatable bonds is 28. The van der Waals surface area contributed by atoms with Crippen molar-refractivity contribution in [2.75, 3.05) is 39.3 Å². The zero-order valence-corrected chi connectivity index (χ0v) is 48.3. The minimum Gasteiger partial charge on any atom is -0.292 e. The molecule has 0 N–H and O–H groups in total. The molecule has 7 aromatic carbocycles. The molecule has 78 heavy (non-hydrogen) atoms.